The molecule has 0 spiro atoms. The minimum absolute atomic E-state index is 0.000387. The molecule has 4 aromatic rings. The molecule has 8 heteroatoms. The van der Waals surface area contributed by atoms with Gasteiger partial charge in [0.25, 0.3) is 5.91 Å². The lowest BCUT2D eigenvalue weighted by molar-refractivity contribution is 0.0424. The number of aromatic nitrogens is 4. The average Bonchev–Trinajstić information content (AvgIpc) is 3.70. The van der Waals surface area contributed by atoms with Gasteiger partial charge < -0.3 is 9.64 Å². The third kappa shape index (κ3) is 4.58. The van der Waals surface area contributed by atoms with Crippen molar-refractivity contribution in [3.8, 4) is 33.8 Å². The van der Waals surface area contributed by atoms with Gasteiger partial charge in [-0.15, -0.1) is 0 Å². The maximum Gasteiger partial charge on any atom is 0.275 e. The molecule has 7 nitrogen and oxygen atoms in total. The molecule has 5 heterocycles. The third-order valence-corrected chi connectivity index (χ3v) is 8.90. The van der Waals surface area contributed by atoms with Crippen molar-refractivity contribution < 1.29 is 9.53 Å². The first-order valence-electron chi connectivity index (χ1n) is 14.2. The molecule has 1 fully saturated rings. The molecule has 1 aromatic carbocycles. The predicted octanol–water partition coefficient (Wildman–Crippen LogP) is 7.12. The smallest absolute Gasteiger partial charge is 0.275 e. The van der Waals surface area contributed by atoms with E-state index in [1.165, 1.54) is 5.56 Å². The Morgan fingerprint density at radius 1 is 1.18 bits per heavy atom. The van der Waals surface area contributed by atoms with Crippen molar-refractivity contribution in [3.05, 3.63) is 58.2 Å². The highest BCUT2D eigenvalue weighted by Gasteiger charge is 2.38. The lowest BCUT2D eigenvalue weighted by Crippen LogP contribution is -2.51. The van der Waals surface area contributed by atoms with Crippen LogP contribution in [0, 0.1) is 0 Å². The van der Waals surface area contributed by atoms with Crippen LogP contribution in [0.5, 0.6) is 5.75 Å². The molecule has 0 unspecified atom stereocenters. The Hall–Kier alpha value is -3.39. The minimum Gasteiger partial charge on any atom is -0.488 e. The fraction of sp³-hybridized carbons (Fsp3) is 0.452. The number of carbonyl (C=O) groups is 1. The van der Waals surface area contributed by atoms with Crippen LogP contribution in [0.25, 0.3) is 28.1 Å². The fourth-order valence-electron chi connectivity index (χ4n) is 5.95. The Bertz CT molecular complexity index is 1500. The molecular weight excluding hydrogens is 506 g/mol. The fourth-order valence-corrected chi connectivity index (χ4v) is 6.57. The van der Waals surface area contributed by atoms with Crippen LogP contribution in [0.15, 0.2) is 41.4 Å². The van der Waals surface area contributed by atoms with Gasteiger partial charge in [0.2, 0.25) is 0 Å². The Morgan fingerprint density at radius 3 is 2.79 bits per heavy atom. The highest BCUT2D eigenvalue weighted by Crippen LogP contribution is 2.44. The van der Waals surface area contributed by atoms with Gasteiger partial charge in [-0.1, -0.05) is 20.3 Å². The van der Waals surface area contributed by atoms with Gasteiger partial charge in [0.1, 0.15) is 12.4 Å². The third-order valence-electron chi connectivity index (χ3n) is 8.23. The molecule has 0 saturated carbocycles. The number of carbonyl (C=O) groups excluding carboxylic acids is 1. The zero-order chi connectivity index (χ0) is 27.1. The van der Waals surface area contributed by atoms with Crippen LogP contribution >= 0.6 is 11.3 Å². The average molecular weight is 544 g/mol. The standard InChI is InChI=1S/C31H37N5O2S/c1-5-7-12-34-18-22(17-32-34)24-16-25-27(15-21(24)6-2)38-19-26-28(30(37)35-13-9-8-11-31(35,3)4)33-36(29(25)26)23-10-14-39-20-23/h10,14-18,20H,5-9,11-13,19H2,1-4H3. The van der Waals surface area contributed by atoms with Crippen LogP contribution in [-0.4, -0.2) is 42.5 Å². The van der Waals surface area contributed by atoms with Crippen LogP contribution in [-0.2, 0) is 19.6 Å². The predicted molar refractivity (Wildman–Crippen MR) is 156 cm³/mol. The van der Waals surface area contributed by atoms with E-state index in [1.54, 1.807) is 11.3 Å². The monoisotopic (exact) mass is 543 g/mol. The summed E-state index contributed by atoms with van der Waals surface area (Å²) in [5.74, 6) is 0.842. The number of unbranched alkanes of at least 4 members (excludes halogenated alkanes) is 1. The van der Waals surface area contributed by atoms with Gasteiger partial charge >= 0.3 is 0 Å². The van der Waals surface area contributed by atoms with Crippen LogP contribution in [0.2, 0.25) is 0 Å². The van der Waals surface area contributed by atoms with Gasteiger partial charge in [-0.25, -0.2) is 4.68 Å². The van der Waals surface area contributed by atoms with Crippen molar-refractivity contribution in [2.75, 3.05) is 6.54 Å². The van der Waals surface area contributed by atoms with E-state index in [0.717, 1.165) is 91.0 Å². The van der Waals surface area contributed by atoms with Crippen LogP contribution < -0.4 is 4.74 Å². The van der Waals surface area contributed by atoms with Gasteiger partial charge in [0.15, 0.2) is 5.69 Å². The molecule has 204 valence electrons. The Kier molecular flexibility index (Phi) is 6.83. The molecule has 0 aliphatic carbocycles. The summed E-state index contributed by atoms with van der Waals surface area (Å²) in [4.78, 5) is 16.1. The summed E-state index contributed by atoms with van der Waals surface area (Å²) >= 11 is 1.63. The van der Waals surface area contributed by atoms with Crippen molar-refractivity contribution in [2.24, 2.45) is 0 Å². The van der Waals surface area contributed by atoms with Gasteiger partial charge in [0.05, 0.1) is 17.6 Å². The van der Waals surface area contributed by atoms with Crippen molar-refractivity contribution in [1.82, 2.24) is 24.5 Å². The molecule has 2 aliphatic rings. The summed E-state index contributed by atoms with van der Waals surface area (Å²) in [5, 5.41) is 13.8. The Morgan fingerprint density at radius 2 is 2.05 bits per heavy atom. The summed E-state index contributed by atoms with van der Waals surface area (Å²) in [6, 6.07) is 6.44. The van der Waals surface area contributed by atoms with E-state index >= 15 is 0 Å². The number of ether oxygens (including phenoxy) is 1. The number of nitrogens with zero attached hydrogens (tertiary/aromatic N) is 5. The zero-order valence-corrected chi connectivity index (χ0v) is 24.2. The van der Waals surface area contributed by atoms with Crippen LogP contribution in [0.1, 0.15) is 81.4 Å². The number of likely N-dealkylation sites (tertiary alicyclic amines) is 1. The number of amides is 1. The van der Waals surface area contributed by atoms with E-state index in [1.807, 2.05) is 20.5 Å². The number of benzene rings is 1. The van der Waals surface area contributed by atoms with Gasteiger partial charge in [-0.3, -0.25) is 9.48 Å². The number of hydrogen-bond acceptors (Lipinski definition) is 5. The minimum atomic E-state index is -0.192. The topological polar surface area (TPSA) is 65.2 Å². The second-order valence-electron chi connectivity index (χ2n) is 11.3. The largest absolute Gasteiger partial charge is 0.488 e. The van der Waals surface area contributed by atoms with Gasteiger partial charge in [-0.05, 0) is 80.7 Å². The lowest BCUT2D eigenvalue weighted by Gasteiger charge is -2.42. The number of aryl methyl sites for hydroxylation is 2. The molecule has 3 aromatic heterocycles. The Balaban J connectivity index is 1.50. The molecule has 0 bridgehead atoms. The van der Waals surface area contributed by atoms with Crippen molar-refractivity contribution in [1.29, 1.82) is 0 Å². The maximum atomic E-state index is 14.0. The first-order valence-corrected chi connectivity index (χ1v) is 15.1. The van der Waals surface area contributed by atoms with E-state index in [2.05, 4.69) is 67.9 Å². The number of piperidine rings is 1. The van der Waals surface area contributed by atoms with E-state index in [9.17, 15) is 4.79 Å². The molecule has 0 radical (unpaired) electrons. The molecule has 0 atom stereocenters. The summed E-state index contributed by atoms with van der Waals surface area (Å²) in [6.07, 6.45) is 10.4. The summed E-state index contributed by atoms with van der Waals surface area (Å²) in [5.41, 5.74) is 7.55. The molecular formula is C31H37N5O2S. The molecule has 39 heavy (non-hydrogen) atoms. The number of fused-ring (bicyclic) bond motifs is 3. The summed E-state index contributed by atoms with van der Waals surface area (Å²) in [6.45, 7) is 10.7. The quantitative estimate of drug-likeness (QED) is 0.249. The number of hydrogen-bond donors (Lipinski definition) is 0. The molecule has 1 amide bonds. The second kappa shape index (κ2) is 10.3. The van der Waals surface area contributed by atoms with E-state index in [0.29, 0.717) is 12.3 Å². The highest BCUT2D eigenvalue weighted by atomic mass is 32.1. The molecule has 1 saturated heterocycles. The first kappa shape index (κ1) is 25.9. The van der Waals surface area contributed by atoms with Crippen LogP contribution in [0.3, 0.4) is 0 Å². The number of thiophene rings is 1. The zero-order valence-electron chi connectivity index (χ0n) is 23.4. The molecule has 2 aliphatic heterocycles. The first-order chi connectivity index (χ1) is 18.9. The van der Waals surface area contributed by atoms with Crippen LogP contribution in [0.4, 0.5) is 0 Å². The second-order valence-corrected chi connectivity index (χ2v) is 12.1. The van der Waals surface area contributed by atoms with Gasteiger partial charge in [-0.2, -0.15) is 21.5 Å². The Labute approximate surface area is 234 Å². The van der Waals surface area contributed by atoms with E-state index < -0.39 is 0 Å². The van der Waals surface area contributed by atoms with E-state index in [-0.39, 0.29) is 11.4 Å². The molecule has 6 rings (SSSR count). The van der Waals surface area contributed by atoms with E-state index in [4.69, 9.17) is 9.84 Å². The SMILES string of the molecule is CCCCn1cc(-c2cc3c(cc2CC)OCc2c(C(=O)N4CCCCC4(C)C)nn(-c4ccsc4)c2-3)cn1. The highest BCUT2D eigenvalue weighted by molar-refractivity contribution is 7.08. The van der Waals surface area contributed by atoms with Crippen molar-refractivity contribution >= 4 is 17.2 Å². The maximum absolute atomic E-state index is 14.0. The summed E-state index contributed by atoms with van der Waals surface area (Å²) < 4.78 is 10.4. The van der Waals surface area contributed by atoms with Crippen molar-refractivity contribution in [2.45, 2.75) is 84.9 Å². The molecule has 0 N–H and O–H groups in total. The number of rotatable bonds is 7. The summed E-state index contributed by atoms with van der Waals surface area (Å²) in [7, 11) is 0. The lowest BCUT2D eigenvalue weighted by atomic mass is 9.89. The van der Waals surface area contributed by atoms with Crippen molar-refractivity contribution in [3.63, 3.8) is 0 Å². The van der Waals surface area contributed by atoms with Gasteiger partial charge in [0, 0.05) is 46.9 Å². The normalized spacial score (nSPS) is 16.1.